The monoisotopic (exact) mass is 330 g/mol. The molecule has 3 rings (SSSR count). The molecule has 0 aromatic heterocycles. The molecular formula is C17H22N4O3. The van der Waals surface area contributed by atoms with E-state index in [2.05, 4.69) is 27.7 Å². The van der Waals surface area contributed by atoms with Gasteiger partial charge in [-0.3, -0.25) is 19.3 Å². The molecule has 1 atom stereocenters. The molecule has 128 valence electrons. The summed E-state index contributed by atoms with van der Waals surface area (Å²) in [5.41, 5.74) is 7.65. The highest BCUT2D eigenvalue weighted by Gasteiger charge is 2.38. The maximum atomic E-state index is 12.3. The fourth-order valence-corrected chi connectivity index (χ4v) is 3.58. The molecule has 0 radical (unpaired) electrons. The van der Waals surface area contributed by atoms with Gasteiger partial charge in [0.15, 0.2) is 0 Å². The third-order valence-corrected chi connectivity index (χ3v) is 4.71. The minimum atomic E-state index is -0.598. The Balaban J connectivity index is 1.68. The second-order valence-corrected chi connectivity index (χ2v) is 6.32. The third kappa shape index (κ3) is 3.56. The van der Waals surface area contributed by atoms with Gasteiger partial charge in [0.1, 0.15) is 0 Å². The molecule has 1 aromatic rings. The average molecular weight is 330 g/mol. The summed E-state index contributed by atoms with van der Waals surface area (Å²) >= 11 is 0. The first-order valence-corrected chi connectivity index (χ1v) is 8.20. The Morgan fingerprint density at radius 1 is 1.25 bits per heavy atom. The molecule has 7 nitrogen and oxygen atoms in total. The van der Waals surface area contributed by atoms with Crippen LogP contribution in [0.25, 0.3) is 0 Å². The number of nitrogens with one attached hydrogen (secondary N) is 2. The molecule has 2 aliphatic rings. The van der Waals surface area contributed by atoms with Gasteiger partial charge >= 0.3 is 0 Å². The number of rotatable bonds is 5. The van der Waals surface area contributed by atoms with Crippen LogP contribution in [0.4, 0.5) is 0 Å². The van der Waals surface area contributed by atoms with Crippen LogP contribution in [0.1, 0.15) is 17.5 Å². The first kappa shape index (κ1) is 16.4. The van der Waals surface area contributed by atoms with Gasteiger partial charge in [-0.05, 0) is 24.0 Å². The Labute approximate surface area is 140 Å². The largest absolute Gasteiger partial charge is 0.368 e. The van der Waals surface area contributed by atoms with Crippen LogP contribution >= 0.6 is 0 Å². The van der Waals surface area contributed by atoms with Crippen LogP contribution in [-0.4, -0.2) is 54.3 Å². The predicted molar refractivity (Wildman–Crippen MR) is 88.0 cm³/mol. The fraction of sp³-hybridized carbons (Fsp3) is 0.471. The summed E-state index contributed by atoms with van der Waals surface area (Å²) in [6.07, 6.45) is 1.82. The Hall–Kier alpha value is -2.41. The molecular weight excluding hydrogens is 308 g/mol. The van der Waals surface area contributed by atoms with E-state index in [1.165, 1.54) is 11.1 Å². The number of benzene rings is 1. The Kier molecular flexibility index (Phi) is 4.80. The van der Waals surface area contributed by atoms with Crippen molar-refractivity contribution in [3.05, 3.63) is 35.4 Å². The number of carbonyl (C=O) groups excluding carboxylic acids is 3. The first-order chi connectivity index (χ1) is 11.5. The molecule has 0 spiro atoms. The molecule has 1 saturated heterocycles. The van der Waals surface area contributed by atoms with Gasteiger partial charge in [-0.1, -0.05) is 24.3 Å². The van der Waals surface area contributed by atoms with E-state index < -0.39 is 11.9 Å². The second-order valence-electron chi connectivity index (χ2n) is 6.32. The quantitative estimate of drug-likeness (QED) is 0.640. The zero-order valence-electron chi connectivity index (χ0n) is 13.5. The molecule has 1 aromatic carbocycles. The van der Waals surface area contributed by atoms with Crippen molar-refractivity contribution in [2.24, 2.45) is 5.73 Å². The normalized spacial score (nSPS) is 21.2. The molecule has 0 unspecified atom stereocenters. The summed E-state index contributed by atoms with van der Waals surface area (Å²) in [6, 6.07) is 8.01. The fourth-order valence-electron chi connectivity index (χ4n) is 3.58. The van der Waals surface area contributed by atoms with E-state index in [9.17, 15) is 14.4 Å². The Morgan fingerprint density at radius 3 is 2.54 bits per heavy atom. The highest BCUT2D eigenvalue weighted by molar-refractivity contribution is 5.90. The number of nitrogens with two attached hydrogens (primary N) is 1. The van der Waals surface area contributed by atoms with Crippen LogP contribution in [0, 0.1) is 0 Å². The summed E-state index contributed by atoms with van der Waals surface area (Å²) in [6.45, 7) is 1.10. The molecule has 0 bridgehead atoms. The minimum Gasteiger partial charge on any atom is -0.368 e. The van der Waals surface area contributed by atoms with Crippen molar-refractivity contribution >= 4 is 17.7 Å². The van der Waals surface area contributed by atoms with Crippen LogP contribution in [0.5, 0.6) is 0 Å². The van der Waals surface area contributed by atoms with Crippen LogP contribution in [-0.2, 0) is 27.2 Å². The van der Waals surface area contributed by atoms with Crippen molar-refractivity contribution in [3.8, 4) is 0 Å². The standard InChI is InChI=1S/C17H22N4O3/c18-15(22)10-20-16(23)9-14-17(24)19-5-6-21(14)13-7-11-3-1-2-4-12(11)8-13/h1-4,13-14H,5-10H2,(H2,18,22)(H,19,24)(H,20,23)/t14-/m1/s1. The van der Waals surface area contributed by atoms with Crippen LogP contribution in [0.3, 0.4) is 0 Å². The van der Waals surface area contributed by atoms with Crippen LogP contribution in [0.2, 0.25) is 0 Å². The number of primary amides is 1. The van der Waals surface area contributed by atoms with E-state index in [-0.39, 0.29) is 30.8 Å². The SMILES string of the molecule is NC(=O)CNC(=O)C[C@@H]1C(=O)NCCN1C1Cc2ccccc2C1. The molecule has 1 aliphatic carbocycles. The third-order valence-electron chi connectivity index (χ3n) is 4.71. The lowest BCUT2D eigenvalue weighted by molar-refractivity contribution is -0.135. The highest BCUT2D eigenvalue weighted by Crippen LogP contribution is 2.27. The van der Waals surface area contributed by atoms with Gasteiger partial charge in [0, 0.05) is 19.1 Å². The van der Waals surface area contributed by atoms with Crippen molar-refractivity contribution < 1.29 is 14.4 Å². The lowest BCUT2D eigenvalue weighted by Gasteiger charge is -2.38. The Morgan fingerprint density at radius 2 is 1.92 bits per heavy atom. The van der Waals surface area contributed by atoms with Crippen molar-refractivity contribution in [1.29, 1.82) is 0 Å². The summed E-state index contributed by atoms with van der Waals surface area (Å²) in [7, 11) is 0. The Bertz CT molecular complexity index is 636. The second kappa shape index (κ2) is 7.00. The predicted octanol–water partition coefficient (Wildman–Crippen LogP) is -1.05. The summed E-state index contributed by atoms with van der Waals surface area (Å²) in [5, 5.41) is 5.28. The molecule has 1 fully saturated rings. The van der Waals surface area contributed by atoms with Gasteiger partial charge < -0.3 is 16.4 Å². The zero-order valence-corrected chi connectivity index (χ0v) is 13.5. The molecule has 3 amide bonds. The molecule has 1 heterocycles. The van der Waals surface area contributed by atoms with E-state index in [0.29, 0.717) is 6.54 Å². The summed E-state index contributed by atoms with van der Waals surface area (Å²) in [5.74, 6) is -1.07. The van der Waals surface area contributed by atoms with E-state index in [4.69, 9.17) is 5.73 Å². The van der Waals surface area contributed by atoms with E-state index >= 15 is 0 Å². The lowest BCUT2D eigenvalue weighted by Crippen LogP contribution is -2.59. The number of nitrogens with zero attached hydrogens (tertiary/aromatic N) is 1. The number of carbonyl (C=O) groups is 3. The molecule has 24 heavy (non-hydrogen) atoms. The highest BCUT2D eigenvalue weighted by atomic mass is 16.2. The molecule has 1 aliphatic heterocycles. The van der Waals surface area contributed by atoms with Crippen LogP contribution in [0.15, 0.2) is 24.3 Å². The van der Waals surface area contributed by atoms with Gasteiger partial charge in [-0.25, -0.2) is 0 Å². The van der Waals surface area contributed by atoms with Gasteiger partial charge in [-0.15, -0.1) is 0 Å². The number of hydrogen-bond donors (Lipinski definition) is 3. The molecule has 0 saturated carbocycles. The number of fused-ring (bicyclic) bond motifs is 1. The minimum absolute atomic E-state index is 0.0337. The number of hydrogen-bond acceptors (Lipinski definition) is 4. The van der Waals surface area contributed by atoms with Crippen molar-refractivity contribution in [1.82, 2.24) is 15.5 Å². The summed E-state index contributed by atoms with van der Waals surface area (Å²) < 4.78 is 0. The average Bonchev–Trinajstić information content (AvgIpc) is 2.98. The zero-order chi connectivity index (χ0) is 17.1. The van der Waals surface area contributed by atoms with E-state index in [0.717, 1.165) is 19.4 Å². The maximum Gasteiger partial charge on any atom is 0.237 e. The topological polar surface area (TPSA) is 105 Å². The van der Waals surface area contributed by atoms with Crippen molar-refractivity contribution in [2.75, 3.05) is 19.6 Å². The first-order valence-electron chi connectivity index (χ1n) is 8.20. The van der Waals surface area contributed by atoms with Gasteiger partial charge in [0.25, 0.3) is 0 Å². The maximum absolute atomic E-state index is 12.3. The molecule has 4 N–H and O–H groups in total. The van der Waals surface area contributed by atoms with E-state index in [1.807, 2.05) is 12.1 Å². The van der Waals surface area contributed by atoms with Crippen LogP contribution < -0.4 is 16.4 Å². The number of piperazine rings is 1. The van der Waals surface area contributed by atoms with Gasteiger partial charge in [-0.2, -0.15) is 0 Å². The molecule has 7 heteroatoms. The smallest absolute Gasteiger partial charge is 0.237 e. The lowest BCUT2D eigenvalue weighted by atomic mass is 10.0. The number of amides is 3. The van der Waals surface area contributed by atoms with E-state index in [1.54, 1.807) is 0 Å². The van der Waals surface area contributed by atoms with Gasteiger partial charge in [0.2, 0.25) is 17.7 Å². The van der Waals surface area contributed by atoms with Gasteiger partial charge in [0.05, 0.1) is 19.0 Å². The van der Waals surface area contributed by atoms with Crippen molar-refractivity contribution in [3.63, 3.8) is 0 Å². The van der Waals surface area contributed by atoms with Crippen molar-refractivity contribution in [2.45, 2.75) is 31.3 Å². The summed E-state index contributed by atoms with van der Waals surface area (Å²) in [4.78, 5) is 37.2.